The summed E-state index contributed by atoms with van der Waals surface area (Å²) in [6, 6.07) is 13.4. The van der Waals surface area contributed by atoms with Crippen molar-refractivity contribution in [2.24, 2.45) is 0 Å². The summed E-state index contributed by atoms with van der Waals surface area (Å²) in [5, 5.41) is 12.9. The molecule has 222 valence electrons. The first-order chi connectivity index (χ1) is 20.5. The molecule has 1 fully saturated rings. The lowest BCUT2D eigenvalue weighted by atomic mass is 10.1. The zero-order chi connectivity index (χ0) is 31.3. The molecule has 1 heterocycles. The summed E-state index contributed by atoms with van der Waals surface area (Å²) in [5.74, 6) is -1.32. The Morgan fingerprint density at radius 3 is 2.47 bits per heavy atom. The number of thioether (sulfide) groups is 1. The molecule has 3 amide bonds. The monoisotopic (exact) mass is 689 g/mol. The first-order valence-electron chi connectivity index (χ1n) is 12.2. The van der Waals surface area contributed by atoms with Gasteiger partial charge in [-0.05, 0) is 71.4 Å². The van der Waals surface area contributed by atoms with Gasteiger partial charge in [-0.1, -0.05) is 27.5 Å². The normalized spacial score (nSPS) is 13.7. The van der Waals surface area contributed by atoms with Crippen molar-refractivity contribution in [3.63, 3.8) is 0 Å². The molecule has 0 bridgehead atoms. The Kier molecular flexibility index (Phi) is 10.1. The highest BCUT2D eigenvalue weighted by molar-refractivity contribution is 9.10. The number of non-ortho nitro benzene ring substituents is 1. The van der Waals surface area contributed by atoms with Crippen molar-refractivity contribution in [1.82, 2.24) is 4.90 Å². The van der Waals surface area contributed by atoms with E-state index in [9.17, 15) is 29.3 Å². The van der Waals surface area contributed by atoms with Crippen LogP contribution in [-0.4, -0.2) is 53.6 Å². The molecule has 0 aliphatic carbocycles. The van der Waals surface area contributed by atoms with E-state index in [1.165, 1.54) is 50.6 Å². The molecule has 43 heavy (non-hydrogen) atoms. The molecule has 1 aliphatic rings. The maximum Gasteiger partial charge on any atom is 0.339 e. The zero-order valence-corrected chi connectivity index (χ0v) is 25.6. The van der Waals surface area contributed by atoms with E-state index in [0.717, 1.165) is 4.90 Å². The summed E-state index contributed by atoms with van der Waals surface area (Å²) in [6.07, 6.45) is 1.48. The Labute approximate surface area is 262 Å². The number of nitro groups is 1. The Balaban J connectivity index is 1.45. The number of hydrogen-bond acceptors (Lipinski definition) is 10. The number of rotatable bonds is 10. The van der Waals surface area contributed by atoms with Gasteiger partial charge >= 0.3 is 5.97 Å². The van der Waals surface area contributed by atoms with Crippen molar-refractivity contribution in [3.05, 3.63) is 95.8 Å². The number of benzene rings is 3. The highest BCUT2D eigenvalue weighted by atomic mass is 79.9. The Morgan fingerprint density at radius 2 is 1.81 bits per heavy atom. The summed E-state index contributed by atoms with van der Waals surface area (Å²) in [5.41, 5.74) is 1.44. The summed E-state index contributed by atoms with van der Waals surface area (Å²) < 4.78 is 16.5. The molecule has 12 nitrogen and oxygen atoms in total. The number of esters is 1. The Bertz CT molecular complexity index is 1660. The van der Waals surface area contributed by atoms with E-state index in [1.807, 2.05) is 0 Å². The van der Waals surface area contributed by atoms with Gasteiger partial charge in [0.05, 0.1) is 34.6 Å². The first-order valence-corrected chi connectivity index (χ1v) is 14.2. The standard InChI is InChI=1S/C28H21BrClN3O9S/c1-40-22-9-16(20(29)12-23(22)42-14-15-3-6-18(7-4-15)33(38)39)10-24-26(35)32(28(37)43-24)13-25(34)31-17-5-8-21(30)19(11-17)27(36)41-2/h3-12H,13-14H2,1-2H3,(H,31,34)/b24-10+. The predicted molar refractivity (Wildman–Crippen MR) is 162 cm³/mol. The second-order valence-electron chi connectivity index (χ2n) is 8.74. The number of hydrogen-bond donors (Lipinski definition) is 1. The minimum atomic E-state index is -0.691. The Morgan fingerprint density at radius 1 is 1.09 bits per heavy atom. The number of nitro benzene ring substituents is 1. The summed E-state index contributed by atoms with van der Waals surface area (Å²) in [7, 11) is 2.63. The number of amides is 3. The van der Waals surface area contributed by atoms with Gasteiger partial charge in [0, 0.05) is 22.3 Å². The lowest BCUT2D eigenvalue weighted by molar-refractivity contribution is -0.384. The van der Waals surface area contributed by atoms with Gasteiger partial charge in [0.2, 0.25) is 5.91 Å². The van der Waals surface area contributed by atoms with Gasteiger partial charge in [-0.25, -0.2) is 4.79 Å². The van der Waals surface area contributed by atoms with Crippen LogP contribution in [0.4, 0.5) is 16.2 Å². The SMILES string of the molecule is COC(=O)c1cc(NC(=O)CN2C(=O)S/C(=C/c3cc(OC)c(OCc4ccc([N+](=O)[O-])cc4)cc3Br)C2=O)ccc1Cl. The largest absolute Gasteiger partial charge is 0.493 e. The van der Waals surface area contributed by atoms with Gasteiger partial charge in [0.1, 0.15) is 13.2 Å². The number of carbonyl (C=O) groups is 4. The van der Waals surface area contributed by atoms with Crippen molar-refractivity contribution in [1.29, 1.82) is 0 Å². The van der Waals surface area contributed by atoms with Crippen molar-refractivity contribution >= 4 is 79.8 Å². The third-order valence-corrected chi connectivity index (χ3v) is 7.87. The molecule has 3 aromatic rings. The smallest absolute Gasteiger partial charge is 0.339 e. The van der Waals surface area contributed by atoms with E-state index in [1.54, 1.807) is 24.3 Å². The summed E-state index contributed by atoms with van der Waals surface area (Å²) in [6.45, 7) is -0.445. The van der Waals surface area contributed by atoms with Crippen LogP contribution in [0.25, 0.3) is 6.08 Å². The fourth-order valence-electron chi connectivity index (χ4n) is 3.80. The summed E-state index contributed by atoms with van der Waals surface area (Å²) >= 11 is 10.1. The van der Waals surface area contributed by atoms with Crippen molar-refractivity contribution in [2.45, 2.75) is 6.61 Å². The third-order valence-electron chi connectivity index (χ3n) is 5.94. The van der Waals surface area contributed by atoms with Crippen LogP contribution in [0, 0.1) is 10.1 Å². The van der Waals surface area contributed by atoms with E-state index in [-0.39, 0.29) is 33.5 Å². The molecule has 0 saturated carbocycles. The number of ether oxygens (including phenoxy) is 3. The average Bonchev–Trinajstić information content (AvgIpc) is 3.24. The van der Waals surface area contributed by atoms with E-state index >= 15 is 0 Å². The number of nitrogens with one attached hydrogen (secondary N) is 1. The molecule has 0 spiro atoms. The number of anilines is 1. The van der Waals surface area contributed by atoms with Crippen LogP contribution >= 0.6 is 39.3 Å². The molecule has 3 aromatic carbocycles. The lowest BCUT2D eigenvalue weighted by Crippen LogP contribution is -2.36. The summed E-state index contributed by atoms with van der Waals surface area (Å²) in [4.78, 5) is 61.4. The zero-order valence-electron chi connectivity index (χ0n) is 22.4. The molecule has 0 aromatic heterocycles. The Hall–Kier alpha value is -4.40. The number of imide groups is 1. The van der Waals surface area contributed by atoms with E-state index < -0.39 is 34.5 Å². The molecule has 0 atom stereocenters. The highest BCUT2D eigenvalue weighted by Crippen LogP contribution is 2.38. The average molecular weight is 691 g/mol. The molecular weight excluding hydrogens is 670 g/mol. The van der Waals surface area contributed by atoms with Crippen LogP contribution in [0.15, 0.2) is 64.0 Å². The number of methoxy groups -OCH3 is 2. The van der Waals surface area contributed by atoms with E-state index in [4.69, 9.17) is 21.1 Å². The fourth-order valence-corrected chi connectivity index (χ4v) is 5.26. The fraction of sp³-hybridized carbons (Fsp3) is 0.143. The van der Waals surface area contributed by atoms with Gasteiger partial charge < -0.3 is 19.5 Å². The highest BCUT2D eigenvalue weighted by Gasteiger charge is 2.36. The van der Waals surface area contributed by atoms with Gasteiger partial charge in [-0.2, -0.15) is 0 Å². The molecule has 0 unspecified atom stereocenters. The van der Waals surface area contributed by atoms with Gasteiger partial charge in [-0.3, -0.25) is 29.4 Å². The minimum absolute atomic E-state index is 0.0331. The van der Waals surface area contributed by atoms with E-state index in [0.29, 0.717) is 38.9 Å². The number of halogens is 2. The van der Waals surface area contributed by atoms with Crippen LogP contribution in [0.5, 0.6) is 11.5 Å². The quantitative estimate of drug-likeness (QED) is 0.115. The number of carbonyl (C=O) groups excluding carboxylic acids is 4. The lowest BCUT2D eigenvalue weighted by Gasteiger charge is -2.14. The maximum absolute atomic E-state index is 13.0. The van der Waals surface area contributed by atoms with Crippen molar-refractivity contribution in [3.8, 4) is 11.5 Å². The van der Waals surface area contributed by atoms with Gasteiger partial charge in [0.15, 0.2) is 11.5 Å². The maximum atomic E-state index is 13.0. The van der Waals surface area contributed by atoms with Crippen molar-refractivity contribution in [2.75, 3.05) is 26.1 Å². The topological polar surface area (TPSA) is 154 Å². The van der Waals surface area contributed by atoms with E-state index in [2.05, 4.69) is 26.0 Å². The van der Waals surface area contributed by atoms with Crippen LogP contribution in [0.3, 0.4) is 0 Å². The molecule has 1 N–H and O–H groups in total. The third kappa shape index (κ3) is 7.52. The van der Waals surface area contributed by atoms with Crippen LogP contribution in [-0.2, 0) is 20.9 Å². The molecule has 4 rings (SSSR count). The van der Waals surface area contributed by atoms with Crippen LogP contribution in [0.1, 0.15) is 21.5 Å². The first kappa shape index (κ1) is 31.5. The molecule has 15 heteroatoms. The number of nitrogens with zero attached hydrogens (tertiary/aromatic N) is 2. The van der Waals surface area contributed by atoms with Crippen LogP contribution in [0.2, 0.25) is 5.02 Å². The second kappa shape index (κ2) is 13.7. The minimum Gasteiger partial charge on any atom is -0.493 e. The molecule has 0 radical (unpaired) electrons. The van der Waals surface area contributed by atoms with Gasteiger partial charge in [-0.15, -0.1) is 0 Å². The van der Waals surface area contributed by atoms with Crippen LogP contribution < -0.4 is 14.8 Å². The molecular formula is C28H21BrClN3O9S. The van der Waals surface area contributed by atoms with Gasteiger partial charge in [0.25, 0.3) is 16.8 Å². The molecule has 1 saturated heterocycles. The van der Waals surface area contributed by atoms with Crippen molar-refractivity contribution < 1.29 is 38.3 Å². The predicted octanol–water partition coefficient (Wildman–Crippen LogP) is 6.06. The molecule has 1 aliphatic heterocycles. The second-order valence-corrected chi connectivity index (χ2v) is 11.0.